The molecule has 0 aromatic heterocycles. The van der Waals surface area contributed by atoms with Crippen LogP contribution < -0.4 is 15.0 Å². The van der Waals surface area contributed by atoms with Crippen LogP contribution in [-0.2, 0) is 14.4 Å². The highest BCUT2D eigenvalue weighted by molar-refractivity contribution is 6.48. The highest BCUT2D eigenvalue weighted by Gasteiger charge is 3.04. The zero-order valence-corrected chi connectivity index (χ0v) is 21.6. The number of rotatable bonds is 3. The molecule has 0 atom stereocenters. The summed E-state index contributed by atoms with van der Waals surface area (Å²) in [6.07, 6.45) is 0. The lowest BCUT2D eigenvalue weighted by Gasteiger charge is -2.18. The molecule has 1 fully saturated rings. The Morgan fingerprint density at radius 1 is 0.436 bits per heavy atom. The molecular weight excluding hydrogens is 492 g/mol. The normalized spacial score (nSPS) is 29.2. The van der Waals surface area contributed by atoms with E-state index in [0.717, 1.165) is 0 Å². The molecule has 3 spiro atoms. The van der Waals surface area contributed by atoms with Crippen molar-refractivity contribution in [2.45, 2.75) is 20.8 Å². The van der Waals surface area contributed by atoms with Gasteiger partial charge in [0, 0.05) is 0 Å². The van der Waals surface area contributed by atoms with Crippen LogP contribution in [0.3, 0.4) is 0 Å². The Morgan fingerprint density at radius 3 is 0.897 bits per heavy atom. The zero-order valence-electron chi connectivity index (χ0n) is 21.6. The molecule has 9 nitrogen and oxygen atoms in total. The second-order valence-corrected chi connectivity index (χ2v) is 10.2. The van der Waals surface area contributed by atoms with Gasteiger partial charge >= 0.3 is 0 Å². The summed E-state index contributed by atoms with van der Waals surface area (Å²) in [7, 11) is 0. The van der Waals surface area contributed by atoms with Gasteiger partial charge in [-0.05, 0) is 57.2 Å². The minimum atomic E-state index is -1.61. The Kier molecular flexibility index (Phi) is 4.50. The average Bonchev–Trinajstić information content (AvgIpc) is 3.18. The van der Waals surface area contributed by atoms with E-state index in [0.29, 0.717) is 34.2 Å². The number of anilines is 3. The first-order chi connectivity index (χ1) is 18.8. The van der Waals surface area contributed by atoms with E-state index in [1.54, 1.807) is 57.2 Å². The van der Waals surface area contributed by atoms with E-state index in [1.807, 2.05) is 54.6 Å². The molecule has 0 bridgehead atoms. The molecule has 0 N–H and O–H groups in total. The third kappa shape index (κ3) is 2.37. The largest absolute Gasteiger partial charge is 0.271 e. The van der Waals surface area contributed by atoms with Gasteiger partial charge in [0.1, 0.15) is 16.2 Å². The Bertz CT molecular complexity index is 1460. The zero-order chi connectivity index (χ0) is 27.2. The van der Waals surface area contributed by atoms with E-state index in [9.17, 15) is 14.4 Å². The van der Waals surface area contributed by atoms with Crippen molar-refractivity contribution < 1.29 is 14.4 Å². The number of carbonyl (C=O) groups excluding carboxylic acids is 3. The van der Waals surface area contributed by atoms with Crippen molar-refractivity contribution in [2.75, 3.05) is 15.0 Å². The lowest BCUT2D eigenvalue weighted by atomic mass is 9.85. The summed E-state index contributed by atoms with van der Waals surface area (Å²) in [5.41, 5.74) is -2.04. The lowest BCUT2D eigenvalue weighted by molar-refractivity contribution is -0.126. The van der Waals surface area contributed by atoms with Gasteiger partial charge in [0.05, 0.1) is 34.2 Å². The van der Waals surface area contributed by atoms with Crippen LogP contribution in [-0.4, -0.2) is 34.9 Å². The second-order valence-electron chi connectivity index (χ2n) is 10.2. The maximum Gasteiger partial charge on any atom is 0.262 e. The van der Waals surface area contributed by atoms with Crippen LogP contribution in [0.25, 0.3) is 0 Å². The SMILES string of the molecule is CC1=NN(c2ccccc2)C(=O)C12C1(C(=O)N(c3ccccc3)N=C1C)C21C(=O)N(c2ccccc2)N=C1C. The molecule has 0 radical (unpaired) electrons. The van der Waals surface area contributed by atoms with Gasteiger partial charge in [-0.3, -0.25) is 14.4 Å². The van der Waals surface area contributed by atoms with Gasteiger partial charge in [0.15, 0.2) is 0 Å². The van der Waals surface area contributed by atoms with Crippen molar-refractivity contribution in [3.63, 3.8) is 0 Å². The fourth-order valence-electron chi connectivity index (χ4n) is 7.14. The van der Waals surface area contributed by atoms with Crippen LogP contribution in [0.15, 0.2) is 106 Å². The molecule has 1 saturated carbocycles. The minimum absolute atomic E-state index is 0.381. The smallest absolute Gasteiger partial charge is 0.262 e. The monoisotopic (exact) mass is 516 g/mol. The van der Waals surface area contributed by atoms with Crippen molar-refractivity contribution in [2.24, 2.45) is 31.5 Å². The van der Waals surface area contributed by atoms with Crippen molar-refractivity contribution in [1.82, 2.24) is 0 Å². The summed E-state index contributed by atoms with van der Waals surface area (Å²) in [6.45, 7) is 5.15. The molecule has 39 heavy (non-hydrogen) atoms. The highest BCUT2D eigenvalue weighted by atomic mass is 16.2. The molecular formula is C30H24N6O3. The predicted octanol–water partition coefficient (Wildman–Crippen LogP) is 4.23. The molecule has 3 aliphatic heterocycles. The molecule has 3 heterocycles. The lowest BCUT2D eigenvalue weighted by Crippen LogP contribution is -2.40. The Labute approximate surface area is 224 Å². The maximum atomic E-state index is 14.7. The number of hydrogen-bond donors (Lipinski definition) is 0. The first-order valence-electron chi connectivity index (χ1n) is 12.7. The highest BCUT2D eigenvalue weighted by Crippen LogP contribution is 2.84. The van der Waals surface area contributed by atoms with Crippen LogP contribution in [0.4, 0.5) is 17.1 Å². The van der Waals surface area contributed by atoms with Crippen molar-refractivity contribution in [3.05, 3.63) is 91.0 Å². The van der Waals surface area contributed by atoms with Crippen LogP contribution in [0.1, 0.15) is 20.8 Å². The van der Waals surface area contributed by atoms with Gasteiger partial charge in [-0.1, -0.05) is 54.6 Å². The van der Waals surface area contributed by atoms with Gasteiger partial charge in [-0.2, -0.15) is 30.3 Å². The number of amides is 3. The van der Waals surface area contributed by atoms with Crippen molar-refractivity contribution >= 4 is 51.9 Å². The van der Waals surface area contributed by atoms with Crippen LogP contribution in [0.2, 0.25) is 0 Å². The number of benzene rings is 3. The number of fused-ring (bicyclic) bond motifs is 3. The summed E-state index contributed by atoms with van der Waals surface area (Å²) in [4.78, 5) is 44.0. The van der Waals surface area contributed by atoms with Crippen LogP contribution >= 0.6 is 0 Å². The molecule has 0 saturated heterocycles. The van der Waals surface area contributed by atoms with Gasteiger partial charge in [0.25, 0.3) is 17.7 Å². The Hall–Kier alpha value is -4.92. The quantitative estimate of drug-likeness (QED) is 0.521. The first-order valence-corrected chi connectivity index (χ1v) is 12.7. The van der Waals surface area contributed by atoms with Gasteiger partial charge in [-0.15, -0.1) is 0 Å². The number of carbonyl (C=O) groups is 3. The van der Waals surface area contributed by atoms with E-state index >= 15 is 0 Å². The van der Waals surface area contributed by atoms with Gasteiger partial charge in [-0.25, -0.2) is 0 Å². The first kappa shape index (κ1) is 23.2. The number of hydrogen-bond acceptors (Lipinski definition) is 6. The average molecular weight is 517 g/mol. The van der Waals surface area contributed by atoms with E-state index < -0.39 is 34.0 Å². The fraction of sp³-hybridized carbons (Fsp3) is 0.200. The summed E-state index contributed by atoms with van der Waals surface area (Å²) in [5, 5.41) is 18.0. The fourth-order valence-corrected chi connectivity index (χ4v) is 7.14. The maximum absolute atomic E-state index is 14.7. The predicted molar refractivity (Wildman–Crippen MR) is 148 cm³/mol. The number of nitrogens with zero attached hydrogens (tertiary/aromatic N) is 6. The van der Waals surface area contributed by atoms with E-state index in [2.05, 4.69) is 15.3 Å². The molecule has 3 amide bonds. The van der Waals surface area contributed by atoms with Crippen LogP contribution in [0, 0.1) is 16.2 Å². The molecule has 1 aliphatic carbocycles. The van der Waals surface area contributed by atoms with E-state index in [-0.39, 0.29) is 0 Å². The second kappa shape index (κ2) is 7.57. The Morgan fingerprint density at radius 2 is 0.667 bits per heavy atom. The number of hydrazone groups is 3. The van der Waals surface area contributed by atoms with Crippen molar-refractivity contribution in [1.29, 1.82) is 0 Å². The molecule has 7 rings (SSSR count). The van der Waals surface area contributed by atoms with Crippen LogP contribution in [0.5, 0.6) is 0 Å². The summed E-state index contributed by atoms with van der Waals surface area (Å²) in [5.74, 6) is -1.33. The standard InChI is InChI=1S/C30H24N6O3/c1-19-28(25(37)34(31-19)22-13-7-4-8-14-22)29(20(2)32-35(26(29)38)23-15-9-5-10-16-23)30(28)21(3)33-36(27(30)39)24-17-11-6-12-18-24/h4-18H,1-3H3. The summed E-state index contributed by atoms with van der Waals surface area (Å²) < 4.78 is 0. The van der Waals surface area contributed by atoms with Gasteiger partial charge in [0.2, 0.25) is 0 Å². The number of para-hydroxylation sites is 3. The molecule has 3 aromatic carbocycles. The molecule has 192 valence electrons. The molecule has 9 heteroatoms. The van der Waals surface area contributed by atoms with E-state index in [1.165, 1.54) is 15.0 Å². The third-order valence-corrected chi connectivity index (χ3v) is 8.54. The Balaban J connectivity index is 1.47. The molecule has 4 aliphatic rings. The minimum Gasteiger partial charge on any atom is -0.271 e. The van der Waals surface area contributed by atoms with Gasteiger partial charge < -0.3 is 0 Å². The summed E-state index contributed by atoms with van der Waals surface area (Å²) in [6, 6.07) is 27.1. The third-order valence-electron chi connectivity index (χ3n) is 8.54. The summed E-state index contributed by atoms with van der Waals surface area (Å²) >= 11 is 0. The molecule has 0 unspecified atom stereocenters. The van der Waals surface area contributed by atoms with Crippen molar-refractivity contribution in [3.8, 4) is 0 Å². The van der Waals surface area contributed by atoms with E-state index in [4.69, 9.17) is 0 Å². The topological polar surface area (TPSA) is 98.0 Å². The molecule has 3 aromatic rings.